The quantitative estimate of drug-likeness (QED) is 0.187. The van der Waals surface area contributed by atoms with Crippen LogP contribution in [0.15, 0.2) is 237 Å². The van der Waals surface area contributed by atoms with Crippen molar-refractivity contribution < 1.29 is 0 Å². The first kappa shape index (κ1) is 39.0. The van der Waals surface area contributed by atoms with Crippen molar-refractivity contribution in [1.82, 2.24) is 0 Å². The van der Waals surface area contributed by atoms with E-state index in [1.165, 1.54) is 88.0 Å². The van der Waals surface area contributed by atoms with E-state index in [-0.39, 0.29) is 16.9 Å². The summed E-state index contributed by atoms with van der Waals surface area (Å²) in [5.41, 5.74) is 29.2. The van der Waals surface area contributed by atoms with Gasteiger partial charge >= 0.3 is 0 Å². The predicted octanol–water partition coefficient (Wildman–Crippen LogP) is 16.7. The van der Waals surface area contributed by atoms with E-state index >= 15 is 0 Å². The highest BCUT2D eigenvalue weighted by atomic mass is 15.2. The second-order valence-corrected chi connectivity index (χ2v) is 20.2. The summed E-state index contributed by atoms with van der Waals surface area (Å²) < 4.78 is 0. The molecule has 4 aromatic rings. The molecule has 0 aromatic heterocycles. The molecule has 1 atom stereocenters. The lowest BCUT2D eigenvalue weighted by Gasteiger charge is -2.37. The van der Waals surface area contributed by atoms with E-state index in [2.05, 4.69) is 189 Å². The van der Waals surface area contributed by atoms with E-state index in [1.54, 1.807) is 55.7 Å². The van der Waals surface area contributed by atoms with Gasteiger partial charge in [-0.1, -0.05) is 160 Å². The zero-order valence-corrected chi connectivity index (χ0v) is 38.0. The molecule has 0 fully saturated rings. The van der Waals surface area contributed by atoms with Gasteiger partial charge in [-0.25, -0.2) is 0 Å². The highest BCUT2D eigenvalue weighted by Gasteiger charge is 2.55. The molecular formula is C64H57N. The van der Waals surface area contributed by atoms with Crippen LogP contribution >= 0.6 is 0 Å². The van der Waals surface area contributed by atoms with E-state index in [0.717, 1.165) is 38.5 Å². The summed E-state index contributed by atoms with van der Waals surface area (Å²) in [6.07, 6.45) is 42.7. The van der Waals surface area contributed by atoms with Gasteiger partial charge in [-0.05, 0) is 195 Å². The van der Waals surface area contributed by atoms with Crippen molar-refractivity contribution >= 4 is 11.4 Å². The zero-order chi connectivity index (χ0) is 43.3. The Bertz CT molecular complexity index is 3060. The third-order valence-corrected chi connectivity index (χ3v) is 16.5. The van der Waals surface area contributed by atoms with E-state index in [1.807, 2.05) is 0 Å². The Morgan fingerprint density at radius 1 is 0.477 bits per heavy atom. The Labute approximate surface area is 386 Å². The lowest BCUT2D eigenvalue weighted by molar-refractivity contribution is 0.659. The summed E-state index contributed by atoms with van der Waals surface area (Å²) in [5.74, 6) is 0. The number of nitrogens with zero attached hydrogens (tertiary/aromatic N) is 1. The fraction of sp³-hybridized carbons (Fsp3) is 0.250. The van der Waals surface area contributed by atoms with Gasteiger partial charge in [0.15, 0.2) is 0 Å². The molecule has 0 saturated carbocycles. The van der Waals surface area contributed by atoms with Crippen molar-refractivity contribution in [3.8, 4) is 22.3 Å². The minimum Gasteiger partial charge on any atom is -0.334 e. The highest BCUT2D eigenvalue weighted by Crippen LogP contribution is 2.67. The predicted molar refractivity (Wildman–Crippen MR) is 272 cm³/mol. The van der Waals surface area contributed by atoms with Crippen LogP contribution in [-0.4, -0.2) is 6.04 Å². The average Bonchev–Trinajstić information content (AvgIpc) is 3.93. The normalized spacial score (nSPS) is 22.8. The Morgan fingerprint density at radius 2 is 1.09 bits per heavy atom. The summed E-state index contributed by atoms with van der Waals surface area (Å²) in [6.45, 7) is 4.78. The van der Waals surface area contributed by atoms with E-state index in [0.29, 0.717) is 0 Å². The molecule has 0 saturated heterocycles. The number of allylic oxidation sites excluding steroid dienone is 22. The maximum Gasteiger partial charge on any atom is 0.0712 e. The molecule has 9 aliphatic rings. The Hall–Kier alpha value is -6.44. The molecule has 9 aliphatic carbocycles. The average molecular weight is 840 g/mol. The van der Waals surface area contributed by atoms with Gasteiger partial charge in [0.1, 0.15) is 0 Å². The number of hydrogen-bond donors (Lipinski definition) is 0. The molecule has 13 rings (SSSR count). The number of fused-ring (bicyclic) bond motifs is 9. The van der Waals surface area contributed by atoms with Crippen LogP contribution in [-0.2, 0) is 5.41 Å². The van der Waals surface area contributed by atoms with Crippen LogP contribution in [0.5, 0.6) is 0 Å². The molecule has 0 heterocycles. The number of hydrogen-bond acceptors (Lipinski definition) is 1. The standard InChI is InChI=1S/C64H57N/c1-63(2)57-23-10-6-19-51(57)55-38-36-50(41-61(55)63)65(48-32-27-43(28-33-48)42-15-4-3-5-16-42)49-34-29-44(30-35-49)45-17-14-18-46(39-45)47-31-37-56-54-22-9-13-26-60(54)64(62(56)40-47)58-24-11-7-20-52(58)53-21-8-12-25-59(53)64/h3-6,10-13,15-17,19,23-30,32-34,36,38-41,49H,7-9,14,18,20-22,31,35,37H2,1-2H3. The zero-order valence-electron chi connectivity index (χ0n) is 38.0. The van der Waals surface area contributed by atoms with Gasteiger partial charge in [0.05, 0.1) is 11.5 Å². The fourth-order valence-corrected chi connectivity index (χ4v) is 13.5. The summed E-state index contributed by atoms with van der Waals surface area (Å²) >= 11 is 0. The summed E-state index contributed by atoms with van der Waals surface area (Å²) in [7, 11) is 0. The molecule has 0 radical (unpaired) electrons. The number of benzene rings is 4. The van der Waals surface area contributed by atoms with Gasteiger partial charge in [-0.2, -0.15) is 0 Å². The first-order valence-electron chi connectivity index (χ1n) is 24.6. The molecule has 4 aromatic carbocycles. The third-order valence-electron chi connectivity index (χ3n) is 16.5. The van der Waals surface area contributed by atoms with Gasteiger partial charge < -0.3 is 4.90 Å². The molecule has 1 heteroatoms. The summed E-state index contributed by atoms with van der Waals surface area (Å²) in [5, 5.41) is 0. The molecule has 1 spiro atoms. The molecule has 0 N–H and O–H groups in total. The van der Waals surface area contributed by atoms with Crippen molar-refractivity contribution in [1.29, 1.82) is 0 Å². The lowest BCUT2D eigenvalue weighted by atomic mass is 9.64. The van der Waals surface area contributed by atoms with Crippen molar-refractivity contribution in [2.75, 3.05) is 4.90 Å². The van der Waals surface area contributed by atoms with Crippen molar-refractivity contribution in [2.24, 2.45) is 5.41 Å². The maximum atomic E-state index is 2.71. The molecule has 0 aliphatic heterocycles. The smallest absolute Gasteiger partial charge is 0.0712 e. The lowest BCUT2D eigenvalue weighted by Crippen LogP contribution is -2.30. The van der Waals surface area contributed by atoms with Gasteiger partial charge in [0, 0.05) is 16.8 Å². The molecule has 65 heavy (non-hydrogen) atoms. The van der Waals surface area contributed by atoms with Gasteiger partial charge in [0.25, 0.3) is 0 Å². The van der Waals surface area contributed by atoms with Crippen LogP contribution in [0, 0.1) is 5.41 Å². The largest absolute Gasteiger partial charge is 0.334 e. The van der Waals surface area contributed by atoms with E-state index < -0.39 is 0 Å². The van der Waals surface area contributed by atoms with E-state index in [9.17, 15) is 0 Å². The van der Waals surface area contributed by atoms with Gasteiger partial charge in [-0.3, -0.25) is 0 Å². The van der Waals surface area contributed by atoms with Crippen LogP contribution in [0.1, 0.15) is 95.6 Å². The minimum absolute atomic E-state index is 0.0632. The van der Waals surface area contributed by atoms with Crippen LogP contribution in [0.3, 0.4) is 0 Å². The maximum absolute atomic E-state index is 2.71. The van der Waals surface area contributed by atoms with Crippen LogP contribution < -0.4 is 4.90 Å². The molecule has 318 valence electrons. The Kier molecular flexibility index (Phi) is 9.03. The monoisotopic (exact) mass is 839 g/mol. The van der Waals surface area contributed by atoms with Gasteiger partial charge in [0.2, 0.25) is 0 Å². The number of anilines is 2. The topological polar surface area (TPSA) is 3.24 Å². The Balaban J connectivity index is 0.829. The van der Waals surface area contributed by atoms with Crippen molar-refractivity contribution in [3.05, 3.63) is 248 Å². The molecular weight excluding hydrogens is 783 g/mol. The molecule has 1 unspecified atom stereocenters. The summed E-state index contributed by atoms with van der Waals surface area (Å²) in [4.78, 5) is 2.58. The Morgan fingerprint density at radius 3 is 1.78 bits per heavy atom. The van der Waals surface area contributed by atoms with Crippen molar-refractivity contribution in [3.63, 3.8) is 0 Å². The molecule has 0 amide bonds. The molecule has 1 nitrogen and oxygen atoms in total. The number of rotatable bonds is 6. The third kappa shape index (κ3) is 5.90. The van der Waals surface area contributed by atoms with Crippen LogP contribution in [0.25, 0.3) is 22.3 Å². The van der Waals surface area contributed by atoms with E-state index in [4.69, 9.17) is 0 Å². The SMILES string of the molecule is CC1(C)c2ccccc2-c2ccc(N(c3ccc(-c4ccccc4)cc3)C3C=CC(C4=CCCC(C5=CC6=C(CC5)C5=C(C=CCC5)C65C6=C(CCC=C6)C6=C5C=CCC6)=C4)=CC3)cc21. The second-order valence-electron chi connectivity index (χ2n) is 20.2. The second kappa shape index (κ2) is 15.1. The van der Waals surface area contributed by atoms with Crippen LogP contribution in [0.2, 0.25) is 0 Å². The highest BCUT2D eigenvalue weighted by molar-refractivity contribution is 5.84. The van der Waals surface area contributed by atoms with Crippen LogP contribution in [0.4, 0.5) is 11.4 Å². The minimum atomic E-state index is -0.129. The van der Waals surface area contributed by atoms with Gasteiger partial charge in [-0.15, -0.1) is 0 Å². The molecule has 0 bridgehead atoms. The first-order chi connectivity index (χ1) is 32.0. The van der Waals surface area contributed by atoms with Crippen molar-refractivity contribution in [2.45, 2.75) is 95.9 Å². The fourth-order valence-electron chi connectivity index (χ4n) is 13.5. The summed E-state index contributed by atoms with van der Waals surface area (Å²) in [6, 6.07) is 36.4. The first-order valence-corrected chi connectivity index (χ1v) is 24.6.